The predicted molar refractivity (Wildman–Crippen MR) is 59.6 cm³/mol. The van der Waals surface area contributed by atoms with Crippen LogP contribution in [0.15, 0.2) is 24.8 Å². The summed E-state index contributed by atoms with van der Waals surface area (Å²) in [6.45, 7) is 10.1. The monoisotopic (exact) mass is 202 g/mol. The van der Waals surface area contributed by atoms with Crippen molar-refractivity contribution in [1.82, 2.24) is 0 Å². The Morgan fingerprint density at radius 1 is 1.20 bits per heavy atom. The van der Waals surface area contributed by atoms with Gasteiger partial charge in [-0.25, -0.2) is 4.79 Å². The molecule has 0 radical (unpaired) electrons. The lowest BCUT2D eigenvalue weighted by atomic mass is 9.85. The van der Waals surface area contributed by atoms with E-state index >= 15 is 0 Å². The Hall–Kier alpha value is -1.57. The molecule has 0 saturated carbocycles. The van der Waals surface area contributed by atoms with E-state index in [9.17, 15) is 4.79 Å². The highest BCUT2D eigenvalue weighted by molar-refractivity contribution is 6.02. The second-order valence-electron chi connectivity index (χ2n) is 4.82. The van der Waals surface area contributed by atoms with Gasteiger partial charge in [0.05, 0.1) is 5.56 Å². The molecule has 0 N–H and O–H groups in total. The molecular formula is C13H14O2. The van der Waals surface area contributed by atoms with Crippen molar-refractivity contribution in [2.24, 2.45) is 0 Å². The standard InChI is InChI=1S/C13H14O2/c1-8-11-7-9(13(2,3)4)5-6-10(11)12(14)15-8/h5-7H,1H2,2-4H3. The average molecular weight is 202 g/mol. The van der Waals surface area contributed by atoms with Crippen LogP contribution in [0.1, 0.15) is 42.3 Å². The molecule has 0 unspecified atom stereocenters. The molecular weight excluding hydrogens is 188 g/mol. The number of carbonyl (C=O) groups is 1. The van der Waals surface area contributed by atoms with E-state index in [0.717, 1.165) is 5.56 Å². The van der Waals surface area contributed by atoms with Crippen LogP contribution >= 0.6 is 0 Å². The van der Waals surface area contributed by atoms with Gasteiger partial charge in [-0.3, -0.25) is 0 Å². The van der Waals surface area contributed by atoms with Crippen LogP contribution in [0.3, 0.4) is 0 Å². The number of hydrogen-bond acceptors (Lipinski definition) is 2. The Bertz CT molecular complexity index is 450. The van der Waals surface area contributed by atoms with Crippen LogP contribution in [0.25, 0.3) is 5.76 Å². The first-order valence-corrected chi connectivity index (χ1v) is 4.95. The summed E-state index contributed by atoms with van der Waals surface area (Å²) in [5, 5.41) is 0. The molecule has 1 aromatic rings. The molecule has 0 aliphatic carbocycles. The van der Waals surface area contributed by atoms with E-state index in [4.69, 9.17) is 4.74 Å². The summed E-state index contributed by atoms with van der Waals surface area (Å²) < 4.78 is 4.97. The molecule has 1 aliphatic heterocycles. The number of ether oxygens (including phenoxy) is 1. The van der Waals surface area contributed by atoms with Crippen LogP contribution in [0.5, 0.6) is 0 Å². The first kappa shape index (κ1) is 9.97. The van der Waals surface area contributed by atoms with Gasteiger partial charge < -0.3 is 4.74 Å². The average Bonchev–Trinajstić information content (AvgIpc) is 2.41. The maximum Gasteiger partial charge on any atom is 0.344 e. The number of rotatable bonds is 0. The molecule has 78 valence electrons. The van der Waals surface area contributed by atoms with Crippen molar-refractivity contribution in [1.29, 1.82) is 0 Å². The molecule has 0 amide bonds. The summed E-state index contributed by atoms with van der Waals surface area (Å²) in [6, 6.07) is 5.78. The van der Waals surface area contributed by atoms with Crippen molar-refractivity contribution < 1.29 is 9.53 Å². The second kappa shape index (κ2) is 2.96. The van der Waals surface area contributed by atoms with E-state index in [-0.39, 0.29) is 11.4 Å². The number of esters is 1. The van der Waals surface area contributed by atoms with E-state index in [2.05, 4.69) is 27.4 Å². The third-order valence-corrected chi connectivity index (χ3v) is 2.62. The number of fused-ring (bicyclic) bond motifs is 1. The summed E-state index contributed by atoms with van der Waals surface area (Å²) in [4.78, 5) is 11.4. The zero-order valence-corrected chi connectivity index (χ0v) is 9.26. The van der Waals surface area contributed by atoms with Crippen molar-refractivity contribution in [3.8, 4) is 0 Å². The number of cyclic esters (lactones) is 1. The SMILES string of the molecule is C=C1OC(=O)c2ccc(C(C)(C)C)cc21. The van der Waals surface area contributed by atoms with E-state index < -0.39 is 0 Å². The van der Waals surface area contributed by atoms with Gasteiger partial charge in [0, 0.05) is 5.56 Å². The van der Waals surface area contributed by atoms with Crippen LogP contribution in [-0.4, -0.2) is 5.97 Å². The Labute approximate surface area is 89.6 Å². The molecule has 2 nitrogen and oxygen atoms in total. The quantitative estimate of drug-likeness (QED) is 0.604. The minimum Gasteiger partial charge on any atom is -0.423 e. The lowest BCUT2D eigenvalue weighted by Crippen LogP contribution is -2.11. The topological polar surface area (TPSA) is 26.3 Å². The summed E-state index contributed by atoms with van der Waals surface area (Å²) in [7, 11) is 0. The lowest BCUT2D eigenvalue weighted by molar-refractivity contribution is 0.0716. The van der Waals surface area contributed by atoms with Gasteiger partial charge in [0.15, 0.2) is 0 Å². The molecule has 15 heavy (non-hydrogen) atoms. The molecule has 0 saturated heterocycles. The van der Waals surface area contributed by atoms with Gasteiger partial charge in [-0.2, -0.15) is 0 Å². The van der Waals surface area contributed by atoms with Gasteiger partial charge in [0.2, 0.25) is 0 Å². The zero-order valence-electron chi connectivity index (χ0n) is 9.26. The third-order valence-electron chi connectivity index (χ3n) is 2.62. The largest absolute Gasteiger partial charge is 0.423 e. The summed E-state index contributed by atoms with van der Waals surface area (Å²) in [5.41, 5.74) is 2.70. The second-order valence-corrected chi connectivity index (χ2v) is 4.82. The van der Waals surface area contributed by atoms with Gasteiger partial charge in [0.25, 0.3) is 0 Å². The Morgan fingerprint density at radius 3 is 2.47 bits per heavy atom. The fourth-order valence-corrected chi connectivity index (χ4v) is 1.64. The van der Waals surface area contributed by atoms with Crippen LogP contribution in [0.4, 0.5) is 0 Å². The molecule has 2 rings (SSSR count). The van der Waals surface area contributed by atoms with Crippen molar-refractivity contribution in [3.63, 3.8) is 0 Å². The van der Waals surface area contributed by atoms with Gasteiger partial charge in [-0.05, 0) is 23.1 Å². The van der Waals surface area contributed by atoms with Crippen LogP contribution in [-0.2, 0) is 10.2 Å². The Kier molecular flexibility index (Phi) is 1.97. The molecule has 2 heteroatoms. The number of hydrogen-bond donors (Lipinski definition) is 0. The highest BCUT2D eigenvalue weighted by Gasteiger charge is 2.26. The fraction of sp³-hybridized carbons (Fsp3) is 0.308. The molecule has 0 fully saturated rings. The van der Waals surface area contributed by atoms with Crippen molar-refractivity contribution in [3.05, 3.63) is 41.5 Å². The predicted octanol–water partition coefficient (Wildman–Crippen LogP) is 3.13. The van der Waals surface area contributed by atoms with E-state index in [1.54, 1.807) is 0 Å². The fourth-order valence-electron chi connectivity index (χ4n) is 1.64. The van der Waals surface area contributed by atoms with Crippen LogP contribution < -0.4 is 0 Å². The van der Waals surface area contributed by atoms with E-state index in [1.165, 1.54) is 5.56 Å². The maximum atomic E-state index is 11.4. The van der Waals surface area contributed by atoms with Gasteiger partial charge in [-0.15, -0.1) is 0 Å². The molecule has 1 aromatic carbocycles. The molecule has 1 heterocycles. The zero-order chi connectivity index (χ0) is 11.2. The lowest BCUT2D eigenvalue weighted by Gasteiger charge is -2.19. The smallest absolute Gasteiger partial charge is 0.344 e. The Balaban J connectivity index is 2.57. The minimum absolute atomic E-state index is 0.0704. The molecule has 0 aromatic heterocycles. The molecule has 1 aliphatic rings. The minimum atomic E-state index is -0.296. The summed E-state index contributed by atoms with van der Waals surface area (Å²) >= 11 is 0. The number of benzene rings is 1. The van der Waals surface area contributed by atoms with Crippen molar-refractivity contribution >= 4 is 11.7 Å². The first-order chi connectivity index (χ1) is 6.89. The highest BCUT2D eigenvalue weighted by atomic mass is 16.5. The number of carbonyl (C=O) groups excluding carboxylic acids is 1. The first-order valence-electron chi connectivity index (χ1n) is 4.95. The van der Waals surface area contributed by atoms with Gasteiger partial charge in [-0.1, -0.05) is 33.4 Å². The van der Waals surface area contributed by atoms with Crippen LogP contribution in [0.2, 0.25) is 0 Å². The molecule has 0 atom stereocenters. The van der Waals surface area contributed by atoms with Gasteiger partial charge in [0.1, 0.15) is 5.76 Å². The summed E-state index contributed by atoms with van der Waals surface area (Å²) in [5.74, 6) is 0.163. The van der Waals surface area contributed by atoms with Crippen LogP contribution in [0, 0.1) is 0 Å². The highest BCUT2D eigenvalue weighted by Crippen LogP contribution is 2.32. The van der Waals surface area contributed by atoms with Gasteiger partial charge >= 0.3 is 5.97 Å². The third kappa shape index (κ3) is 1.56. The van der Waals surface area contributed by atoms with E-state index in [0.29, 0.717) is 11.3 Å². The summed E-state index contributed by atoms with van der Waals surface area (Å²) in [6.07, 6.45) is 0. The molecule has 0 spiro atoms. The Morgan fingerprint density at radius 2 is 1.87 bits per heavy atom. The van der Waals surface area contributed by atoms with Crippen molar-refractivity contribution in [2.75, 3.05) is 0 Å². The molecule has 0 bridgehead atoms. The van der Waals surface area contributed by atoms with Crippen molar-refractivity contribution in [2.45, 2.75) is 26.2 Å². The van der Waals surface area contributed by atoms with E-state index in [1.807, 2.05) is 18.2 Å². The maximum absolute atomic E-state index is 11.4. The normalized spacial score (nSPS) is 15.1.